The fourth-order valence-corrected chi connectivity index (χ4v) is 0.506. The first-order valence-corrected chi connectivity index (χ1v) is 2.57. The lowest BCUT2D eigenvalue weighted by molar-refractivity contribution is -0.258. The molecule has 0 atom stereocenters. The van der Waals surface area contributed by atoms with Crippen molar-refractivity contribution >= 4 is 0 Å². The van der Waals surface area contributed by atoms with Gasteiger partial charge in [-0.2, -0.15) is 4.89 Å². The predicted octanol–water partition coefficient (Wildman–Crippen LogP) is 1.57. The van der Waals surface area contributed by atoms with Crippen molar-refractivity contribution in [3.63, 3.8) is 0 Å². The Balaban J connectivity index is 2.74. The van der Waals surface area contributed by atoms with Crippen LogP contribution in [0.1, 0.15) is 0 Å². The SMILES string of the molecule is C=C1COOC(=C)C1=C. The van der Waals surface area contributed by atoms with E-state index in [4.69, 9.17) is 0 Å². The maximum Gasteiger partial charge on any atom is 0.165 e. The summed E-state index contributed by atoms with van der Waals surface area (Å²) in [5.41, 5.74) is 1.56. The molecule has 9 heavy (non-hydrogen) atoms. The summed E-state index contributed by atoms with van der Waals surface area (Å²) in [7, 11) is 0. The van der Waals surface area contributed by atoms with E-state index >= 15 is 0 Å². The lowest BCUT2D eigenvalue weighted by Gasteiger charge is -2.17. The number of hydrogen-bond acceptors (Lipinski definition) is 2. The molecule has 0 aromatic heterocycles. The molecular weight excluding hydrogens is 116 g/mol. The van der Waals surface area contributed by atoms with E-state index in [1.165, 1.54) is 0 Å². The highest BCUT2D eigenvalue weighted by atomic mass is 17.2. The molecule has 0 aromatic rings. The molecule has 0 aromatic carbocycles. The molecule has 0 saturated carbocycles. The van der Waals surface area contributed by atoms with Gasteiger partial charge in [-0.3, -0.25) is 0 Å². The van der Waals surface area contributed by atoms with Crippen molar-refractivity contribution in [2.45, 2.75) is 0 Å². The van der Waals surface area contributed by atoms with Gasteiger partial charge >= 0.3 is 0 Å². The van der Waals surface area contributed by atoms with Gasteiger partial charge in [0.1, 0.15) is 6.61 Å². The zero-order chi connectivity index (χ0) is 6.85. The van der Waals surface area contributed by atoms with Crippen molar-refractivity contribution in [3.05, 3.63) is 36.6 Å². The van der Waals surface area contributed by atoms with E-state index in [-0.39, 0.29) is 0 Å². The van der Waals surface area contributed by atoms with Crippen molar-refractivity contribution in [3.8, 4) is 0 Å². The fraction of sp³-hybridized carbons (Fsp3) is 0.143. The van der Waals surface area contributed by atoms with Crippen LogP contribution < -0.4 is 0 Å². The zero-order valence-electron chi connectivity index (χ0n) is 5.14. The second kappa shape index (κ2) is 2.07. The van der Waals surface area contributed by atoms with Gasteiger partial charge in [0.15, 0.2) is 5.76 Å². The molecule has 0 amide bonds. The molecule has 0 unspecified atom stereocenters. The third-order valence-electron chi connectivity index (χ3n) is 1.16. The summed E-state index contributed by atoms with van der Waals surface area (Å²) in [5.74, 6) is 0.450. The number of allylic oxidation sites excluding steroid dienone is 1. The molecule has 48 valence electrons. The average molecular weight is 124 g/mol. The Morgan fingerprint density at radius 3 is 2.33 bits per heavy atom. The van der Waals surface area contributed by atoms with Gasteiger partial charge in [0.25, 0.3) is 0 Å². The molecule has 1 aliphatic heterocycles. The minimum Gasteiger partial charge on any atom is -0.337 e. The lowest BCUT2D eigenvalue weighted by Crippen LogP contribution is -2.09. The van der Waals surface area contributed by atoms with Crippen LogP contribution in [0.3, 0.4) is 0 Å². The van der Waals surface area contributed by atoms with Crippen LogP contribution in [0, 0.1) is 0 Å². The molecule has 1 rings (SSSR count). The Morgan fingerprint density at radius 1 is 1.22 bits per heavy atom. The second-order valence-corrected chi connectivity index (χ2v) is 1.85. The van der Waals surface area contributed by atoms with E-state index in [1.54, 1.807) is 0 Å². The molecule has 1 fully saturated rings. The van der Waals surface area contributed by atoms with Crippen LogP contribution in [-0.2, 0) is 9.78 Å². The van der Waals surface area contributed by atoms with Gasteiger partial charge in [-0.25, -0.2) is 0 Å². The first-order valence-electron chi connectivity index (χ1n) is 2.57. The summed E-state index contributed by atoms with van der Waals surface area (Å²) in [4.78, 5) is 9.21. The minimum absolute atomic E-state index is 0.387. The van der Waals surface area contributed by atoms with E-state index in [2.05, 4.69) is 29.5 Å². The molecule has 1 heterocycles. The molecular formula is C7H8O2. The van der Waals surface area contributed by atoms with Gasteiger partial charge in [0.2, 0.25) is 0 Å². The highest BCUT2D eigenvalue weighted by Gasteiger charge is 2.12. The van der Waals surface area contributed by atoms with Crippen LogP contribution in [0.5, 0.6) is 0 Å². The summed E-state index contributed by atoms with van der Waals surface area (Å²) >= 11 is 0. The van der Waals surface area contributed by atoms with Gasteiger partial charge in [-0.1, -0.05) is 19.7 Å². The van der Waals surface area contributed by atoms with Crippen molar-refractivity contribution < 1.29 is 9.78 Å². The topological polar surface area (TPSA) is 18.5 Å². The Kier molecular flexibility index (Phi) is 1.40. The van der Waals surface area contributed by atoms with Gasteiger partial charge in [0, 0.05) is 5.57 Å². The summed E-state index contributed by atoms with van der Waals surface area (Å²) in [6, 6.07) is 0. The van der Waals surface area contributed by atoms with Crippen LogP contribution in [0.2, 0.25) is 0 Å². The first-order chi connectivity index (χ1) is 4.22. The van der Waals surface area contributed by atoms with E-state index in [0.29, 0.717) is 12.4 Å². The molecule has 0 radical (unpaired) electrons. The van der Waals surface area contributed by atoms with Crippen LogP contribution in [0.25, 0.3) is 0 Å². The molecule has 2 nitrogen and oxygen atoms in total. The maximum atomic E-state index is 4.61. The third-order valence-corrected chi connectivity index (χ3v) is 1.16. The monoisotopic (exact) mass is 124 g/mol. The third kappa shape index (κ3) is 1.03. The van der Waals surface area contributed by atoms with Crippen molar-refractivity contribution in [2.24, 2.45) is 0 Å². The van der Waals surface area contributed by atoms with Crippen LogP contribution >= 0.6 is 0 Å². The Labute approximate surface area is 54.0 Å². The maximum absolute atomic E-state index is 4.61. The lowest BCUT2D eigenvalue weighted by atomic mass is 10.1. The summed E-state index contributed by atoms with van der Waals surface area (Å²) in [6.07, 6.45) is 0. The highest BCUT2D eigenvalue weighted by Crippen LogP contribution is 2.20. The summed E-state index contributed by atoms with van der Waals surface area (Å²) < 4.78 is 0. The molecule has 1 aliphatic rings. The molecule has 0 N–H and O–H groups in total. The average Bonchev–Trinajstić information content (AvgIpc) is 1.83. The minimum atomic E-state index is 0.387. The second-order valence-electron chi connectivity index (χ2n) is 1.85. The van der Waals surface area contributed by atoms with Crippen LogP contribution in [-0.4, -0.2) is 6.61 Å². The van der Waals surface area contributed by atoms with Gasteiger partial charge < -0.3 is 4.89 Å². The Hall–Kier alpha value is -1.02. The van der Waals surface area contributed by atoms with Crippen LogP contribution in [0.15, 0.2) is 36.6 Å². The zero-order valence-corrected chi connectivity index (χ0v) is 5.14. The number of rotatable bonds is 0. The highest BCUT2D eigenvalue weighted by molar-refractivity contribution is 5.39. The normalized spacial score (nSPS) is 19.8. The van der Waals surface area contributed by atoms with Crippen LogP contribution in [0.4, 0.5) is 0 Å². The van der Waals surface area contributed by atoms with Crippen molar-refractivity contribution in [1.29, 1.82) is 0 Å². The first kappa shape index (κ1) is 6.11. The Morgan fingerprint density at radius 2 is 1.89 bits per heavy atom. The van der Waals surface area contributed by atoms with E-state index in [1.807, 2.05) is 0 Å². The van der Waals surface area contributed by atoms with Gasteiger partial charge in [0.05, 0.1) is 0 Å². The fourth-order valence-electron chi connectivity index (χ4n) is 0.506. The van der Waals surface area contributed by atoms with Crippen molar-refractivity contribution in [2.75, 3.05) is 6.61 Å². The van der Waals surface area contributed by atoms with E-state index in [9.17, 15) is 0 Å². The number of hydrogen-bond donors (Lipinski definition) is 0. The standard InChI is InChI=1S/C7H8O2/c1-5-4-8-9-7(3)6(5)2/h1-4H2. The molecule has 1 saturated heterocycles. The van der Waals surface area contributed by atoms with E-state index in [0.717, 1.165) is 11.1 Å². The molecule has 0 aliphatic carbocycles. The van der Waals surface area contributed by atoms with Gasteiger partial charge in [-0.15, -0.1) is 0 Å². The predicted molar refractivity (Wildman–Crippen MR) is 34.5 cm³/mol. The largest absolute Gasteiger partial charge is 0.337 e. The summed E-state index contributed by atoms with van der Waals surface area (Å²) in [6.45, 7) is 11.3. The summed E-state index contributed by atoms with van der Waals surface area (Å²) in [5, 5.41) is 0. The van der Waals surface area contributed by atoms with Gasteiger partial charge in [-0.05, 0) is 5.57 Å². The van der Waals surface area contributed by atoms with Crippen molar-refractivity contribution in [1.82, 2.24) is 0 Å². The molecule has 2 heteroatoms. The quantitative estimate of drug-likeness (QED) is 0.456. The Bertz CT molecular complexity index is 161. The molecule has 0 spiro atoms. The van der Waals surface area contributed by atoms with E-state index < -0.39 is 0 Å². The smallest absolute Gasteiger partial charge is 0.165 e. The molecule has 0 bridgehead atoms.